The molecule has 0 heterocycles. The van der Waals surface area contributed by atoms with E-state index in [0.29, 0.717) is 18.7 Å². The molecule has 2 amide bonds. The Morgan fingerprint density at radius 3 is 2.19 bits per heavy atom. The fourth-order valence-corrected chi connectivity index (χ4v) is 4.25. The van der Waals surface area contributed by atoms with Gasteiger partial charge in [-0.3, -0.25) is 13.9 Å². The van der Waals surface area contributed by atoms with E-state index >= 15 is 0 Å². The van der Waals surface area contributed by atoms with E-state index in [1.165, 1.54) is 16.3 Å². The molecule has 31 heavy (non-hydrogen) atoms. The first-order valence-electron chi connectivity index (χ1n) is 10.2. The summed E-state index contributed by atoms with van der Waals surface area (Å²) < 4.78 is 25.9. The predicted molar refractivity (Wildman–Crippen MR) is 123 cm³/mol. The van der Waals surface area contributed by atoms with Crippen molar-refractivity contribution in [2.24, 2.45) is 0 Å². The van der Waals surface area contributed by atoms with Crippen molar-refractivity contribution in [3.05, 3.63) is 65.7 Å². The van der Waals surface area contributed by atoms with Gasteiger partial charge in [-0.2, -0.15) is 0 Å². The fourth-order valence-electron chi connectivity index (χ4n) is 3.29. The van der Waals surface area contributed by atoms with Crippen molar-refractivity contribution >= 4 is 27.5 Å². The molecule has 0 fully saturated rings. The van der Waals surface area contributed by atoms with Crippen LogP contribution in [0.4, 0.5) is 5.69 Å². The minimum absolute atomic E-state index is 0.131. The van der Waals surface area contributed by atoms with Gasteiger partial charge < -0.3 is 10.2 Å². The minimum Gasteiger partial charge on any atom is -0.357 e. The summed E-state index contributed by atoms with van der Waals surface area (Å²) in [4.78, 5) is 26.7. The molecule has 2 aromatic rings. The van der Waals surface area contributed by atoms with Crippen LogP contribution in [0.2, 0.25) is 0 Å². The Kier molecular flexibility index (Phi) is 8.62. The Morgan fingerprint density at radius 1 is 1.03 bits per heavy atom. The highest BCUT2D eigenvalue weighted by Gasteiger charge is 2.26. The van der Waals surface area contributed by atoms with E-state index in [-0.39, 0.29) is 24.8 Å². The van der Waals surface area contributed by atoms with Crippen molar-refractivity contribution in [1.29, 1.82) is 0 Å². The molecular weight excluding hydrogens is 414 g/mol. The number of carbonyl (C=O) groups excluding carboxylic acids is 2. The third-order valence-electron chi connectivity index (χ3n) is 5.08. The molecule has 7 nitrogen and oxygen atoms in total. The lowest BCUT2D eigenvalue weighted by Crippen LogP contribution is -2.46. The Bertz CT molecular complexity index is 976. The van der Waals surface area contributed by atoms with E-state index in [4.69, 9.17) is 0 Å². The number of anilines is 1. The van der Waals surface area contributed by atoms with Crippen LogP contribution < -0.4 is 9.62 Å². The molecule has 0 aromatic heterocycles. The monoisotopic (exact) mass is 445 g/mol. The molecule has 2 rings (SSSR count). The molecular formula is C23H31N3O4S. The third-order valence-corrected chi connectivity index (χ3v) is 6.28. The number of nitrogens with zero attached hydrogens (tertiary/aromatic N) is 2. The average molecular weight is 446 g/mol. The highest BCUT2D eigenvalue weighted by molar-refractivity contribution is 7.92. The largest absolute Gasteiger partial charge is 0.357 e. The summed E-state index contributed by atoms with van der Waals surface area (Å²) in [7, 11) is -1.95. The van der Waals surface area contributed by atoms with Gasteiger partial charge in [0.15, 0.2) is 0 Å². The Balaban J connectivity index is 2.11. The summed E-state index contributed by atoms with van der Waals surface area (Å²) in [6.07, 6.45) is 1.63. The number of amides is 2. The molecule has 1 N–H and O–H groups in total. The molecule has 168 valence electrons. The van der Waals surface area contributed by atoms with Crippen molar-refractivity contribution in [2.45, 2.75) is 39.3 Å². The van der Waals surface area contributed by atoms with Gasteiger partial charge in [-0.1, -0.05) is 48.0 Å². The zero-order valence-corrected chi connectivity index (χ0v) is 19.4. The van der Waals surface area contributed by atoms with Crippen molar-refractivity contribution in [3.63, 3.8) is 0 Å². The molecule has 0 spiro atoms. The van der Waals surface area contributed by atoms with Crippen LogP contribution in [-0.4, -0.2) is 51.0 Å². The molecule has 0 saturated carbocycles. The van der Waals surface area contributed by atoms with Crippen LogP contribution in [0.1, 0.15) is 30.9 Å². The maximum absolute atomic E-state index is 13.0. The maximum Gasteiger partial charge on any atom is 0.242 e. The first-order valence-corrected chi connectivity index (χ1v) is 12.1. The highest BCUT2D eigenvalue weighted by atomic mass is 32.2. The molecule has 2 aromatic carbocycles. The lowest BCUT2D eigenvalue weighted by Gasteiger charge is -2.29. The summed E-state index contributed by atoms with van der Waals surface area (Å²) in [5.41, 5.74) is 2.52. The van der Waals surface area contributed by atoms with Crippen molar-refractivity contribution < 1.29 is 18.0 Å². The second kappa shape index (κ2) is 10.9. The van der Waals surface area contributed by atoms with Crippen LogP contribution in [0.25, 0.3) is 0 Å². The van der Waals surface area contributed by atoms with E-state index < -0.39 is 16.1 Å². The Morgan fingerprint density at radius 2 is 1.65 bits per heavy atom. The van der Waals surface area contributed by atoms with Gasteiger partial charge in [-0.15, -0.1) is 0 Å². The summed E-state index contributed by atoms with van der Waals surface area (Å²) >= 11 is 0. The molecule has 1 atom stereocenters. The number of aryl methyl sites for hydroxylation is 1. The number of sulfonamides is 1. The van der Waals surface area contributed by atoms with Crippen molar-refractivity contribution in [2.75, 3.05) is 24.2 Å². The molecule has 0 bridgehead atoms. The fraction of sp³-hybridized carbons (Fsp3) is 0.391. The quantitative estimate of drug-likeness (QED) is 0.609. The first kappa shape index (κ1) is 24.4. The smallest absolute Gasteiger partial charge is 0.242 e. The van der Waals surface area contributed by atoms with Crippen LogP contribution in [-0.2, 0) is 26.2 Å². The standard InChI is InChI=1S/C23H31N3O4S/c1-18-12-14-21(15-13-18)26(31(4,29)30)16-8-11-22(27)25(19(2)23(28)24-3)17-20-9-6-5-7-10-20/h5-7,9-10,12-15,19H,8,11,16-17H2,1-4H3,(H,24,28). The molecule has 0 aliphatic carbocycles. The number of benzene rings is 2. The molecule has 0 aliphatic rings. The first-order chi connectivity index (χ1) is 14.6. The zero-order chi connectivity index (χ0) is 23.0. The summed E-state index contributed by atoms with van der Waals surface area (Å²) in [5, 5.41) is 2.59. The number of carbonyl (C=O) groups is 2. The van der Waals surface area contributed by atoms with Crippen molar-refractivity contribution in [3.8, 4) is 0 Å². The van der Waals surface area contributed by atoms with Crippen LogP contribution in [0.15, 0.2) is 54.6 Å². The van der Waals surface area contributed by atoms with E-state index in [1.807, 2.05) is 49.4 Å². The van der Waals surface area contributed by atoms with Crippen LogP contribution in [0.5, 0.6) is 0 Å². The minimum atomic E-state index is -3.49. The summed E-state index contributed by atoms with van der Waals surface area (Å²) in [6, 6.07) is 16.0. The maximum atomic E-state index is 13.0. The third kappa shape index (κ3) is 7.10. The van der Waals surface area contributed by atoms with Gasteiger partial charge in [0.2, 0.25) is 21.8 Å². The zero-order valence-electron chi connectivity index (χ0n) is 18.5. The van der Waals surface area contributed by atoms with Gasteiger partial charge in [0.05, 0.1) is 11.9 Å². The summed E-state index contributed by atoms with van der Waals surface area (Å²) in [5.74, 6) is -0.445. The highest BCUT2D eigenvalue weighted by Crippen LogP contribution is 2.19. The van der Waals surface area contributed by atoms with E-state index in [2.05, 4.69) is 5.32 Å². The number of nitrogens with one attached hydrogen (secondary N) is 1. The number of likely N-dealkylation sites (N-methyl/N-ethyl adjacent to an activating group) is 1. The lowest BCUT2D eigenvalue weighted by atomic mass is 10.1. The van der Waals surface area contributed by atoms with Crippen LogP contribution in [0, 0.1) is 6.92 Å². The van der Waals surface area contributed by atoms with Gasteiger partial charge in [0, 0.05) is 26.6 Å². The molecule has 0 aliphatic heterocycles. The molecule has 0 saturated heterocycles. The molecule has 0 radical (unpaired) electrons. The topological polar surface area (TPSA) is 86.8 Å². The number of rotatable bonds is 10. The van der Waals surface area contributed by atoms with Gasteiger partial charge in [0.25, 0.3) is 0 Å². The number of hydrogen-bond acceptors (Lipinski definition) is 4. The van der Waals surface area contributed by atoms with Crippen molar-refractivity contribution in [1.82, 2.24) is 10.2 Å². The Labute approximate surface area is 185 Å². The van der Waals surface area contributed by atoms with Crippen LogP contribution in [0.3, 0.4) is 0 Å². The predicted octanol–water partition coefficient (Wildman–Crippen LogP) is 2.70. The number of hydrogen-bond donors (Lipinski definition) is 1. The second-order valence-electron chi connectivity index (χ2n) is 7.57. The SMILES string of the molecule is CNC(=O)C(C)N(Cc1ccccc1)C(=O)CCCN(c1ccc(C)cc1)S(C)(=O)=O. The van der Waals surface area contributed by atoms with E-state index in [0.717, 1.165) is 17.4 Å². The van der Waals surface area contributed by atoms with Gasteiger partial charge >= 0.3 is 0 Å². The lowest BCUT2D eigenvalue weighted by molar-refractivity contribution is -0.140. The van der Waals surface area contributed by atoms with E-state index in [1.54, 1.807) is 19.1 Å². The van der Waals surface area contributed by atoms with Gasteiger partial charge in [-0.05, 0) is 38.0 Å². The Hall–Kier alpha value is -2.87. The average Bonchev–Trinajstić information content (AvgIpc) is 2.74. The molecule has 1 unspecified atom stereocenters. The van der Waals surface area contributed by atoms with Crippen LogP contribution >= 0.6 is 0 Å². The normalized spacial score (nSPS) is 12.1. The van der Waals surface area contributed by atoms with Gasteiger partial charge in [-0.25, -0.2) is 8.42 Å². The second-order valence-corrected chi connectivity index (χ2v) is 9.48. The summed E-state index contributed by atoms with van der Waals surface area (Å²) in [6.45, 7) is 4.11. The molecule has 8 heteroatoms. The van der Waals surface area contributed by atoms with E-state index in [9.17, 15) is 18.0 Å². The van der Waals surface area contributed by atoms with Gasteiger partial charge in [0.1, 0.15) is 6.04 Å².